The molecule has 4 heteroatoms. The van der Waals surface area contributed by atoms with Gasteiger partial charge >= 0.3 is 0 Å². The van der Waals surface area contributed by atoms with Gasteiger partial charge in [0.2, 0.25) is 0 Å². The zero-order chi connectivity index (χ0) is 11.1. The Morgan fingerprint density at radius 1 is 1.62 bits per heavy atom. The van der Waals surface area contributed by atoms with Crippen molar-refractivity contribution in [2.45, 2.75) is 19.4 Å². The van der Waals surface area contributed by atoms with Crippen LogP contribution in [0.2, 0.25) is 0 Å². The molecule has 1 aromatic heterocycles. The summed E-state index contributed by atoms with van der Waals surface area (Å²) in [5.74, 6) is 1.91. The fourth-order valence-electron chi connectivity index (χ4n) is 2.52. The van der Waals surface area contributed by atoms with E-state index in [0.717, 1.165) is 30.1 Å². The normalized spacial score (nSPS) is 26.6. The zero-order valence-corrected chi connectivity index (χ0v) is 9.18. The summed E-state index contributed by atoms with van der Waals surface area (Å²) in [5, 5.41) is 8.98. The molecule has 0 bridgehead atoms. The molecule has 1 aromatic rings. The van der Waals surface area contributed by atoms with E-state index in [2.05, 4.69) is 16.0 Å². The molecule has 0 N–H and O–H groups in total. The Labute approximate surface area is 94.5 Å². The van der Waals surface area contributed by atoms with Crippen molar-refractivity contribution >= 4 is 5.82 Å². The van der Waals surface area contributed by atoms with E-state index < -0.39 is 0 Å². The van der Waals surface area contributed by atoms with Gasteiger partial charge in [-0.15, -0.1) is 0 Å². The minimum atomic E-state index is 0.113. The number of anilines is 1. The third-order valence-electron chi connectivity index (χ3n) is 3.37. The lowest BCUT2D eigenvalue weighted by Crippen LogP contribution is -2.39. The molecule has 0 radical (unpaired) electrons. The van der Waals surface area contributed by atoms with Crippen molar-refractivity contribution in [1.29, 1.82) is 5.26 Å². The Bertz CT molecular complexity index is 466. The number of hydrogen-bond donors (Lipinski definition) is 0. The first-order chi connectivity index (χ1) is 7.79. The van der Waals surface area contributed by atoms with E-state index in [4.69, 9.17) is 10.00 Å². The van der Waals surface area contributed by atoms with Crippen LogP contribution in [0, 0.1) is 24.2 Å². The first kappa shape index (κ1) is 9.46. The van der Waals surface area contributed by atoms with Gasteiger partial charge in [-0.05, 0) is 25.0 Å². The molecule has 2 aliphatic rings. The minimum Gasteiger partial charge on any atom is -0.487 e. The van der Waals surface area contributed by atoms with Crippen LogP contribution in [0.1, 0.15) is 12.0 Å². The maximum atomic E-state index is 8.98. The Kier molecular flexibility index (Phi) is 2.00. The van der Waals surface area contributed by atoms with E-state index >= 15 is 0 Å². The molecule has 0 amide bonds. The Balaban J connectivity index is 2.01. The topological polar surface area (TPSA) is 49.1 Å². The van der Waals surface area contributed by atoms with Gasteiger partial charge in [0, 0.05) is 12.7 Å². The summed E-state index contributed by atoms with van der Waals surface area (Å²) < 4.78 is 5.75. The lowest BCUT2D eigenvalue weighted by Gasteiger charge is -2.32. The molecule has 82 valence electrons. The van der Waals surface area contributed by atoms with Gasteiger partial charge in [-0.25, -0.2) is 4.98 Å². The van der Waals surface area contributed by atoms with Gasteiger partial charge in [0.15, 0.2) is 11.6 Å². The van der Waals surface area contributed by atoms with E-state index in [1.807, 2.05) is 13.0 Å². The average molecular weight is 215 g/mol. The maximum absolute atomic E-state index is 8.98. The molecule has 16 heavy (non-hydrogen) atoms. The molecule has 4 nitrogen and oxygen atoms in total. The molecule has 2 aliphatic heterocycles. The summed E-state index contributed by atoms with van der Waals surface area (Å²) in [5.41, 5.74) is 1.11. The fourth-order valence-corrected chi connectivity index (χ4v) is 2.52. The molecule has 3 rings (SSSR count). The second-order valence-electron chi connectivity index (χ2n) is 4.46. The third-order valence-corrected chi connectivity index (χ3v) is 3.37. The second kappa shape index (κ2) is 3.38. The number of aromatic nitrogens is 1. The van der Waals surface area contributed by atoms with Crippen molar-refractivity contribution in [2.75, 3.05) is 18.1 Å². The van der Waals surface area contributed by atoms with Gasteiger partial charge in [-0.1, -0.05) is 0 Å². The molecule has 0 aromatic carbocycles. The van der Waals surface area contributed by atoms with Gasteiger partial charge in [-0.2, -0.15) is 5.26 Å². The first-order valence-corrected chi connectivity index (χ1v) is 5.54. The lowest BCUT2D eigenvalue weighted by atomic mass is 10.1. The van der Waals surface area contributed by atoms with E-state index in [0.29, 0.717) is 12.6 Å². The summed E-state index contributed by atoms with van der Waals surface area (Å²) in [6.07, 6.45) is 2.70. The Morgan fingerprint density at radius 2 is 2.50 bits per heavy atom. The van der Waals surface area contributed by atoms with Gasteiger partial charge in [0.25, 0.3) is 0 Å². The molecule has 0 saturated carbocycles. The van der Waals surface area contributed by atoms with Crippen molar-refractivity contribution < 1.29 is 4.74 Å². The van der Waals surface area contributed by atoms with Crippen LogP contribution in [0.3, 0.4) is 0 Å². The number of rotatable bonds is 0. The quantitative estimate of drug-likeness (QED) is 0.658. The number of hydrogen-bond acceptors (Lipinski definition) is 4. The van der Waals surface area contributed by atoms with E-state index in [-0.39, 0.29) is 5.92 Å². The molecular weight excluding hydrogens is 202 g/mol. The Hall–Kier alpha value is -1.76. The van der Waals surface area contributed by atoms with Crippen LogP contribution in [-0.4, -0.2) is 24.2 Å². The monoisotopic (exact) mass is 215 g/mol. The van der Waals surface area contributed by atoms with Crippen molar-refractivity contribution in [2.24, 2.45) is 5.92 Å². The highest BCUT2D eigenvalue weighted by molar-refractivity contribution is 5.59. The number of pyridine rings is 1. The summed E-state index contributed by atoms with van der Waals surface area (Å²) >= 11 is 0. The summed E-state index contributed by atoms with van der Waals surface area (Å²) in [4.78, 5) is 6.60. The van der Waals surface area contributed by atoms with Gasteiger partial charge in [0.05, 0.1) is 18.0 Å². The largest absolute Gasteiger partial charge is 0.487 e. The van der Waals surface area contributed by atoms with Crippen molar-refractivity contribution in [3.63, 3.8) is 0 Å². The van der Waals surface area contributed by atoms with Crippen LogP contribution in [0.5, 0.6) is 5.75 Å². The van der Waals surface area contributed by atoms with Crippen LogP contribution in [-0.2, 0) is 0 Å². The molecular formula is C12H13N3O. The van der Waals surface area contributed by atoms with Crippen LogP contribution in [0.4, 0.5) is 5.82 Å². The molecule has 1 fully saturated rings. The first-order valence-electron chi connectivity index (χ1n) is 5.54. The highest BCUT2D eigenvalue weighted by Gasteiger charge is 2.38. The Morgan fingerprint density at radius 3 is 3.31 bits per heavy atom. The van der Waals surface area contributed by atoms with E-state index in [1.54, 1.807) is 6.20 Å². The molecule has 1 saturated heterocycles. The van der Waals surface area contributed by atoms with Crippen LogP contribution < -0.4 is 9.64 Å². The smallest absolute Gasteiger partial charge is 0.172 e. The van der Waals surface area contributed by atoms with E-state index in [9.17, 15) is 0 Å². The number of nitriles is 1. The van der Waals surface area contributed by atoms with Gasteiger partial charge in [0.1, 0.15) is 6.61 Å². The fraction of sp³-hybridized carbons (Fsp3) is 0.500. The zero-order valence-electron chi connectivity index (χ0n) is 9.18. The van der Waals surface area contributed by atoms with E-state index in [1.165, 1.54) is 0 Å². The highest BCUT2D eigenvalue weighted by Crippen LogP contribution is 2.39. The SMILES string of the molecule is Cc1ccnc2c1OCC1CC(C#N)CN21. The second-order valence-corrected chi connectivity index (χ2v) is 4.46. The van der Waals surface area contributed by atoms with Crippen molar-refractivity contribution in [1.82, 2.24) is 4.98 Å². The number of aryl methyl sites for hydroxylation is 1. The molecule has 3 heterocycles. The molecule has 2 unspecified atom stereocenters. The number of nitrogens with zero attached hydrogens (tertiary/aromatic N) is 3. The van der Waals surface area contributed by atoms with Crippen LogP contribution >= 0.6 is 0 Å². The highest BCUT2D eigenvalue weighted by atomic mass is 16.5. The van der Waals surface area contributed by atoms with Crippen molar-refractivity contribution in [3.8, 4) is 11.8 Å². The van der Waals surface area contributed by atoms with Gasteiger partial charge < -0.3 is 9.64 Å². The van der Waals surface area contributed by atoms with Crippen LogP contribution in [0.25, 0.3) is 0 Å². The number of fused-ring (bicyclic) bond motifs is 3. The minimum absolute atomic E-state index is 0.113. The average Bonchev–Trinajstić information content (AvgIpc) is 2.72. The van der Waals surface area contributed by atoms with Crippen LogP contribution in [0.15, 0.2) is 12.3 Å². The van der Waals surface area contributed by atoms with Crippen molar-refractivity contribution in [3.05, 3.63) is 17.8 Å². The summed E-state index contributed by atoms with van der Waals surface area (Å²) in [6.45, 7) is 3.49. The predicted octanol–water partition coefficient (Wildman–Crippen LogP) is 1.50. The standard InChI is InChI=1S/C12H13N3O/c1-8-2-3-14-12-11(8)16-7-10-4-9(5-13)6-15(10)12/h2-3,9-10H,4,6-7H2,1H3. The molecule has 0 spiro atoms. The predicted molar refractivity (Wildman–Crippen MR) is 59.3 cm³/mol. The summed E-state index contributed by atoms with van der Waals surface area (Å²) in [6, 6.07) is 4.62. The third kappa shape index (κ3) is 1.25. The van der Waals surface area contributed by atoms with Gasteiger partial charge in [-0.3, -0.25) is 0 Å². The summed E-state index contributed by atoms with van der Waals surface area (Å²) in [7, 11) is 0. The lowest BCUT2D eigenvalue weighted by molar-refractivity contribution is 0.267. The molecule has 0 aliphatic carbocycles. The number of ether oxygens (including phenoxy) is 1. The molecule has 2 atom stereocenters. The maximum Gasteiger partial charge on any atom is 0.172 e.